The molecule has 3 rings (SSSR count). The molecule has 5 nitrogen and oxygen atoms in total. The number of hydrogen-bond donors (Lipinski definition) is 1. The summed E-state index contributed by atoms with van der Waals surface area (Å²) in [5, 5.41) is 8.74. The molecule has 152 valence electrons. The molecule has 3 aromatic rings. The first-order valence-electron chi connectivity index (χ1n) is 8.15. The summed E-state index contributed by atoms with van der Waals surface area (Å²) in [6.07, 6.45) is -4.21. The van der Waals surface area contributed by atoms with Crippen molar-refractivity contribution in [3.05, 3.63) is 44.2 Å². The van der Waals surface area contributed by atoms with Crippen LogP contribution in [0, 0.1) is 5.82 Å². The average Bonchev–Trinajstić information content (AvgIpc) is 3.21. The van der Waals surface area contributed by atoms with Crippen molar-refractivity contribution in [2.75, 3.05) is 11.9 Å². The van der Waals surface area contributed by atoms with Crippen LogP contribution in [0.25, 0.3) is 5.52 Å². The van der Waals surface area contributed by atoms with Gasteiger partial charge in [0.15, 0.2) is 11.6 Å². The largest absolute Gasteiger partial charge is 0.522 e. The van der Waals surface area contributed by atoms with E-state index >= 15 is 0 Å². The first kappa shape index (κ1) is 21.1. The van der Waals surface area contributed by atoms with Gasteiger partial charge in [0.1, 0.15) is 10.7 Å². The van der Waals surface area contributed by atoms with Crippen molar-refractivity contribution in [3.8, 4) is 0 Å². The Hall–Kier alpha value is -1.62. The van der Waals surface area contributed by atoms with Gasteiger partial charge in [-0.2, -0.15) is 4.98 Å². The Balaban J connectivity index is 1.77. The van der Waals surface area contributed by atoms with Crippen LogP contribution in [0.5, 0.6) is 0 Å². The van der Waals surface area contributed by atoms with E-state index in [1.54, 1.807) is 0 Å². The number of hydrogen-bond acceptors (Lipinski definition) is 5. The smallest absolute Gasteiger partial charge is 0.363 e. The average molecular weight is 457 g/mol. The molecule has 0 saturated carbocycles. The predicted octanol–water partition coefficient (Wildman–Crippen LogP) is 5.71. The number of ether oxygens (including phenoxy) is 1. The summed E-state index contributed by atoms with van der Waals surface area (Å²) in [6, 6.07) is 3.80. The van der Waals surface area contributed by atoms with E-state index < -0.39 is 18.8 Å². The van der Waals surface area contributed by atoms with E-state index in [1.807, 2.05) is 17.5 Å². The number of fused-ring (bicyclic) bond motifs is 1. The van der Waals surface area contributed by atoms with Crippen molar-refractivity contribution < 1.29 is 22.3 Å². The van der Waals surface area contributed by atoms with E-state index in [1.165, 1.54) is 11.3 Å². The standard InChI is InChI=1S/C16H14Cl2F4N4OS/c17-13-10(5-1-2-6-27-16(20,21)22)11(19)12-14(24-15(18)25-26(12)13)23-8-9-4-3-7-28-9/h3-4,7H,1-2,5-6,8H2,(H,23,24,25). The van der Waals surface area contributed by atoms with Gasteiger partial charge in [0.2, 0.25) is 5.28 Å². The Morgan fingerprint density at radius 3 is 2.71 bits per heavy atom. The van der Waals surface area contributed by atoms with Crippen LogP contribution in [0.2, 0.25) is 10.4 Å². The van der Waals surface area contributed by atoms with E-state index in [0.717, 1.165) is 9.39 Å². The molecular formula is C16H14Cl2F4N4OS. The van der Waals surface area contributed by atoms with Crippen molar-refractivity contribution in [1.82, 2.24) is 14.6 Å². The lowest BCUT2D eigenvalue weighted by atomic mass is 10.1. The number of unbranched alkanes of at least 4 members (excludes halogenated alkanes) is 1. The molecule has 1 N–H and O–H groups in total. The van der Waals surface area contributed by atoms with Crippen LogP contribution >= 0.6 is 34.5 Å². The monoisotopic (exact) mass is 456 g/mol. The second-order valence-corrected chi connectivity index (χ2v) is 7.49. The third-order valence-electron chi connectivity index (χ3n) is 3.83. The second kappa shape index (κ2) is 8.81. The molecule has 28 heavy (non-hydrogen) atoms. The van der Waals surface area contributed by atoms with Gasteiger partial charge in [-0.3, -0.25) is 4.74 Å². The van der Waals surface area contributed by atoms with Gasteiger partial charge < -0.3 is 5.32 Å². The summed E-state index contributed by atoms with van der Waals surface area (Å²) in [6.45, 7) is -0.0949. The third kappa shape index (κ3) is 5.05. The molecule has 0 aromatic carbocycles. The number of alkyl halides is 3. The first-order valence-corrected chi connectivity index (χ1v) is 9.79. The molecule has 0 saturated heterocycles. The Labute approximate surface area is 171 Å². The van der Waals surface area contributed by atoms with Gasteiger partial charge in [-0.15, -0.1) is 29.6 Å². The number of thiophene rings is 1. The third-order valence-corrected chi connectivity index (χ3v) is 5.25. The highest BCUT2D eigenvalue weighted by atomic mass is 35.5. The Morgan fingerprint density at radius 2 is 2.04 bits per heavy atom. The van der Waals surface area contributed by atoms with Crippen LogP contribution in [0.3, 0.4) is 0 Å². The van der Waals surface area contributed by atoms with E-state index in [-0.39, 0.29) is 46.6 Å². The molecule has 0 fully saturated rings. The highest BCUT2D eigenvalue weighted by Crippen LogP contribution is 2.32. The van der Waals surface area contributed by atoms with Crippen LogP contribution in [0.15, 0.2) is 17.5 Å². The summed E-state index contributed by atoms with van der Waals surface area (Å²) < 4.78 is 55.8. The van der Waals surface area contributed by atoms with E-state index in [4.69, 9.17) is 23.2 Å². The van der Waals surface area contributed by atoms with Crippen molar-refractivity contribution in [1.29, 1.82) is 0 Å². The Morgan fingerprint density at radius 1 is 1.25 bits per heavy atom. The number of rotatable bonds is 8. The molecule has 0 aliphatic heterocycles. The predicted molar refractivity (Wildman–Crippen MR) is 99.6 cm³/mol. The van der Waals surface area contributed by atoms with Crippen LogP contribution < -0.4 is 5.32 Å². The minimum atomic E-state index is -4.68. The summed E-state index contributed by atoms with van der Waals surface area (Å²) in [5.41, 5.74) is 0.178. The molecule has 3 aromatic heterocycles. The first-order chi connectivity index (χ1) is 13.3. The van der Waals surface area contributed by atoms with Crippen molar-refractivity contribution >= 4 is 45.9 Å². The molecule has 0 radical (unpaired) electrons. The maximum Gasteiger partial charge on any atom is 0.522 e. The summed E-state index contributed by atoms with van der Waals surface area (Å²) in [5.74, 6) is -0.452. The number of nitrogens with zero attached hydrogens (tertiary/aromatic N) is 3. The molecule has 0 atom stereocenters. The fourth-order valence-electron chi connectivity index (χ4n) is 2.61. The van der Waals surface area contributed by atoms with Crippen LogP contribution in [-0.4, -0.2) is 27.6 Å². The molecule has 0 aliphatic carbocycles. The fourth-order valence-corrected chi connectivity index (χ4v) is 3.72. The molecule has 0 spiro atoms. The number of nitrogens with one attached hydrogen (secondary N) is 1. The van der Waals surface area contributed by atoms with Gasteiger partial charge in [0, 0.05) is 10.4 Å². The van der Waals surface area contributed by atoms with Crippen molar-refractivity contribution in [2.24, 2.45) is 0 Å². The van der Waals surface area contributed by atoms with Gasteiger partial charge in [0.05, 0.1) is 13.2 Å². The van der Waals surface area contributed by atoms with Gasteiger partial charge in [-0.25, -0.2) is 8.91 Å². The lowest BCUT2D eigenvalue weighted by Gasteiger charge is -2.07. The molecule has 0 unspecified atom stereocenters. The summed E-state index contributed by atoms with van der Waals surface area (Å²) in [7, 11) is 0. The highest BCUT2D eigenvalue weighted by Gasteiger charge is 2.28. The molecular weight excluding hydrogens is 443 g/mol. The maximum atomic E-state index is 15.0. The van der Waals surface area contributed by atoms with Gasteiger partial charge in [-0.05, 0) is 42.3 Å². The minimum absolute atomic E-state index is 0.00714. The Kier molecular flexibility index (Phi) is 6.64. The molecule has 3 heterocycles. The molecule has 0 bridgehead atoms. The van der Waals surface area contributed by atoms with E-state index in [9.17, 15) is 17.6 Å². The molecule has 12 heteroatoms. The van der Waals surface area contributed by atoms with Crippen molar-refractivity contribution in [2.45, 2.75) is 32.2 Å². The van der Waals surface area contributed by atoms with Crippen LogP contribution in [0.1, 0.15) is 23.3 Å². The second-order valence-electron chi connectivity index (χ2n) is 5.76. The normalized spacial score (nSPS) is 12.1. The van der Waals surface area contributed by atoms with Gasteiger partial charge in [-0.1, -0.05) is 17.7 Å². The zero-order valence-corrected chi connectivity index (χ0v) is 16.5. The summed E-state index contributed by atoms with van der Waals surface area (Å²) >= 11 is 13.7. The molecule has 0 aliphatic rings. The summed E-state index contributed by atoms with van der Waals surface area (Å²) in [4.78, 5) is 5.05. The van der Waals surface area contributed by atoms with Crippen LogP contribution in [-0.2, 0) is 17.7 Å². The number of halogens is 6. The molecule has 0 amide bonds. The number of aromatic nitrogens is 3. The highest BCUT2D eigenvalue weighted by molar-refractivity contribution is 7.09. The maximum absolute atomic E-state index is 15.0. The van der Waals surface area contributed by atoms with Crippen LogP contribution in [0.4, 0.5) is 23.4 Å². The number of anilines is 1. The van der Waals surface area contributed by atoms with E-state index in [0.29, 0.717) is 6.54 Å². The Bertz CT molecular complexity index is 947. The minimum Gasteiger partial charge on any atom is -0.363 e. The zero-order valence-electron chi connectivity index (χ0n) is 14.2. The lowest BCUT2D eigenvalue weighted by Crippen LogP contribution is -2.14. The zero-order chi connectivity index (χ0) is 20.3. The fraction of sp³-hybridized carbons (Fsp3) is 0.375. The quantitative estimate of drug-likeness (QED) is 0.348. The van der Waals surface area contributed by atoms with Gasteiger partial charge in [0.25, 0.3) is 0 Å². The SMILES string of the molecule is Fc1c(CCCCOC(F)(F)F)c(Cl)n2nc(Cl)nc(NCc3cccs3)c12. The van der Waals surface area contributed by atoms with E-state index in [2.05, 4.69) is 20.1 Å². The van der Waals surface area contributed by atoms with Crippen molar-refractivity contribution in [3.63, 3.8) is 0 Å². The van der Waals surface area contributed by atoms with Gasteiger partial charge >= 0.3 is 6.36 Å². The lowest BCUT2D eigenvalue weighted by molar-refractivity contribution is -0.324. The topological polar surface area (TPSA) is 51.5 Å².